The van der Waals surface area contributed by atoms with Gasteiger partial charge in [0.05, 0.1) is 0 Å². The van der Waals surface area contributed by atoms with Gasteiger partial charge in [0.25, 0.3) is 0 Å². The van der Waals surface area contributed by atoms with Gasteiger partial charge in [-0.15, -0.1) is 0 Å². The van der Waals surface area contributed by atoms with Crippen LogP contribution in [0.15, 0.2) is 12.3 Å². The minimum Gasteiger partial charge on any atom is -0.381 e. The Morgan fingerprint density at radius 1 is 1.20 bits per heavy atom. The zero-order valence-electron chi connectivity index (χ0n) is 8.02. The second kappa shape index (κ2) is 11.4. The van der Waals surface area contributed by atoms with Crippen LogP contribution in [0.2, 0.25) is 0 Å². The number of nitrogens with zero attached hydrogens (tertiary/aromatic N) is 1. The second-order valence-electron chi connectivity index (χ2n) is 1.87. The average molecular weight is 143 g/mol. The van der Waals surface area contributed by atoms with E-state index in [0.717, 1.165) is 13.0 Å². The molecular formula is C9H21N. The molecule has 0 aliphatic rings. The Morgan fingerprint density at radius 3 is 2.00 bits per heavy atom. The molecule has 0 amide bonds. The molecule has 1 nitrogen and oxygen atoms in total. The minimum absolute atomic E-state index is 1.09. The van der Waals surface area contributed by atoms with Crippen LogP contribution in [0.4, 0.5) is 0 Å². The monoisotopic (exact) mass is 143 g/mol. The van der Waals surface area contributed by atoms with E-state index in [1.807, 2.05) is 13.8 Å². The summed E-state index contributed by atoms with van der Waals surface area (Å²) in [6.45, 7) is 9.37. The van der Waals surface area contributed by atoms with Crippen molar-refractivity contribution in [3.8, 4) is 0 Å². The van der Waals surface area contributed by atoms with E-state index in [-0.39, 0.29) is 0 Å². The van der Waals surface area contributed by atoms with E-state index in [4.69, 9.17) is 0 Å². The molecule has 0 aromatic heterocycles. The van der Waals surface area contributed by atoms with Gasteiger partial charge in [0.2, 0.25) is 0 Å². The second-order valence-corrected chi connectivity index (χ2v) is 1.87. The molecule has 0 aliphatic heterocycles. The maximum absolute atomic E-state index is 2.16. The summed E-state index contributed by atoms with van der Waals surface area (Å²) in [6, 6.07) is 0. The molecule has 0 heterocycles. The van der Waals surface area contributed by atoms with Crippen molar-refractivity contribution in [1.29, 1.82) is 0 Å². The zero-order chi connectivity index (χ0) is 8.41. The fourth-order valence-electron chi connectivity index (χ4n) is 0.391. The quantitative estimate of drug-likeness (QED) is 0.587. The lowest BCUT2D eigenvalue weighted by molar-refractivity contribution is 0.482. The molecule has 0 N–H and O–H groups in total. The van der Waals surface area contributed by atoms with Gasteiger partial charge in [-0.3, -0.25) is 0 Å². The highest BCUT2D eigenvalue weighted by atomic mass is 15.1. The van der Waals surface area contributed by atoms with E-state index in [9.17, 15) is 0 Å². The highest BCUT2D eigenvalue weighted by molar-refractivity contribution is 4.77. The molecule has 0 unspecified atom stereocenters. The van der Waals surface area contributed by atoms with E-state index in [1.165, 1.54) is 0 Å². The van der Waals surface area contributed by atoms with Crippen molar-refractivity contribution in [3.05, 3.63) is 12.3 Å². The van der Waals surface area contributed by atoms with E-state index < -0.39 is 0 Å². The van der Waals surface area contributed by atoms with Crippen molar-refractivity contribution in [3.63, 3.8) is 0 Å². The molecule has 10 heavy (non-hydrogen) atoms. The molecule has 0 radical (unpaired) electrons. The Balaban J connectivity index is 0. The van der Waals surface area contributed by atoms with Crippen molar-refractivity contribution in [2.24, 2.45) is 0 Å². The van der Waals surface area contributed by atoms with Crippen LogP contribution in [0.1, 0.15) is 34.1 Å². The first kappa shape index (κ1) is 12.2. The first-order valence-electron chi connectivity index (χ1n) is 4.18. The molecule has 0 saturated heterocycles. The molecule has 62 valence electrons. The van der Waals surface area contributed by atoms with Crippen LogP contribution in [0, 0.1) is 0 Å². The topological polar surface area (TPSA) is 3.24 Å². The number of rotatable bonds is 3. The minimum atomic E-state index is 1.09. The van der Waals surface area contributed by atoms with Crippen LogP contribution in [0.3, 0.4) is 0 Å². The van der Waals surface area contributed by atoms with Gasteiger partial charge in [-0.05, 0) is 19.5 Å². The van der Waals surface area contributed by atoms with Gasteiger partial charge in [0.1, 0.15) is 0 Å². The molecule has 0 rings (SSSR count). The third kappa shape index (κ3) is 10.5. The Hall–Kier alpha value is -0.460. The third-order valence-corrected chi connectivity index (χ3v) is 1.09. The molecule has 0 spiro atoms. The summed E-state index contributed by atoms with van der Waals surface area (Å²) in [4.78, 5) is 2.16. The predicted molar refractivity (Wildman–Crippen MR) is 49.1 cm³/mol. The summed E-state index contributed by atoms with van der Waals surface area (Å²) in [5.74, 6) is 0. The molecule has 0 bridgehead atoms. The summed E-state index contributed by atoms with van der Waals surface area (Å²) in [5.41, 5.74) is 0. The van der Waals surface area contributed by atoms with Crippen molar-refractivity contribution in [1.82, 2.24) is 4.90 Å². The summed E-state index contributed by atoms with van der Waals surface area (Å²) >= 11 is 0. The number of hydrogen-bond acceptors (Lipinski definition) is 1. The SMILES string of the molecule is CC.CC/C=C\N(C)CC. The van der Waals surface area contributed by atoms with Gasteiger partial charge in [0, 0.05) is 13.6 Å². The molecule has 0 aromatic rings. The molecule has 0 aromatic carbocycles. The lowest BCUT2D eigenvalue weighted by Crippen LogP contribution is -2.07. The Bertz CT molecular complexity index is 67.1. The van der Waals surface area contributed by atoms with E-state index in [0.29, 0.717) is 0 Å². The molecular weight excluding hydrogens is 122 g/mol. The normalized spacial score (nSPS) is 8.90. The summed E-state index contributed by atoms with van der Waals surface area (Å²) in [6.07, 6.45) is 5.40. The lowest BCUT2D eigenvalue weighted by Gasteiger charge is -2.07. The van der Waals surface area contributed by atoms with Crippen LogP contribution < -0.4 is 0 Å². The first-order chi connectivity index (χ1) is 4.81. The van der Waals surface area contributed by atoms with Gasteiger partial charge in [-0.1, -0.05) is 26.8 Å². The van der Waals surface area contributed by atoms with Gasteiger partial charge < -0.3 is 4.90 Å². The molecule has 0 aliphatic carbocycles. The predicted octanol–water partition coefficient (Wildman–Crippen LogP) is 2.89. The van der Waals surface area contributed by atoms with E-state index >= 15 is 0 Å². The van der Waals surface area contributed by atoms with Crippen molar-refractivity contribution in [2.45, 2.75) is 34.1 Å². The summed E-state index contributed by atoms with van der Waals surface area (Å²) < 4.78 is 0. The fraction of sp³-hybridized carbons (Fsp3) is 0.778. The van der Waals surface area contributed by atoms with E-state index in [1.54, 1.807) is 0 Å². The smallest absolute Gasteiger partial charge is 0.0140 e. The average Bonchev–Trinajstić information content (AvgIpc) is 2.04. The molecule has 0 fully saturated rings. The Kier molecular flexibility index (Phi) is 13.9. The largest absolute Gasteiger partial charge is 0.381 e. The van der Waals surface area contributed by atoms with Gasteiger partial charge >= 0.3 is 0 Å². The first-order valence-corrected chi connectivity index (χ1v) is 4.18. The summed E-state index contributed by atoms with van der Waals surface area (Å²) in [7, 11) is 2.08. The van der Waals surface area contributed by atoms with Crippen molar-refractivity contribution >= 4 is 0 Å². The number of allylic oxidation sites excluding steroid dienone is 1. The van der Waals surface area contributed by atoms with Crippen LogP contribution in [0.25, 0.3) is 0 Å². The van der Waals surface area contributed by atoms with Crippen LogP contribution in [-0.2, 0) is 0 Å². The molecule has 0 saturated carbocycles. The third-order valence-electron chi connectivity index (χ3n) is 1.09. The highest BCUT2D eigenvalue weighted by Crippen LogP contribution is 1.84. The summed E-state index contributed by atoms with van der Waals surface area (Å²) in [5, 5.41) is 0. The maximum atomic E-state index is 2.16. The Morgan fingerprint density at radius 2 is 1.70 bits per heavy atom. The number of hydrogen-bond donors (Lipinski definition) is 0. The van der Waals surface area contributed by atoms with E-state index in [2.05, 4.69) is 38.1 Å². The van der Waals surface area contributed by atoms with Crippen molar-refractivity contribution in [2.75, 3.05) is 13.6 Å². The molecule has 1 heteroatoms. The zero-order valence-corrected chi connectivity index (χ0v) is 8.02. The lowest BCUT2D eigenvalue weighted by atomic mass is 10.4. The van der Waals surface area contributed by atoms with Crippen LogP contribution in [0.5, 0.6) is 0 Å². The Labute approximate surface area is 65.7 Å². The van der Waals surface area contributed by atoms with Crippen LogP contribution in [-0.4, -0.2) is 18.5 Å². The van der Waals surface area contributed by atoms with Gasteiger partial charge in [-0.25, -0.2) is 0 Å². The standard InChI is InChI=1S/C7H15N.C2H6/c1-4-6-7-8(3)5-2;1-2/h6-7H,4-5H2,1-3H3;1-2H3/b7-6-;. The van der Waals surface area contributed by atoms with Crippen LogP contribution >= 0.6 is 0 Å². The fourth-order valence-corrected chi connectivity index (χ4v) is 0.391. The molecule has 0 atom stereocenters. The highest BCUT2D eigenvalue weighted by Gasteiger charge is 1.78. The maximum Gasteiger partial charge on any atom is 0.0140 e. The van der Waals surface area contributed by atoms with Gasteiger partial charge in [-0.2, -0.15) is 0 Å². The van der Waals surface area contributed by atoms with Crippen molar-refractivity contribution < 1.29 is 0 Å². The van der Waals surface area contributed by atoms with Gasteiger partial charge in [0.15, 0.2) is 0 Å².